The molecule has 2 aliphatic carbocycles. The van der Waals surface area contributed by atoms with E-state index in [2.05, 4.69) is 19.1 Å². The van der Waals surface area contributed by atoms with Crippen LogP contribution in [0.4, 0.5) is 0 Å². The second-order valence-electron chi connectivity index (χ2n) is 3.57. The molecule has 0 aromatic rings. The average Bonchev–Trinajstić information content (AvgIpc) is 2.46. The van der Waals surface area contributed by atoms with Gasteiger partial charge in [-0.25, -0.2) is 0 Å². The Morgan fingerprint density at radius 2 is 2.38 bits per heavy atom. The quantitative estimate of drug-likeness (QED) is 0.597. The monoisotopic (exact) mass is 174 g/mol. The maximum absolute atomic E-state index is 11.5. The highest BCUT2D eigenvalue weighted by atomic mass is 16.1. The number of allylic oxidation sites excluding steroid dienone is 6. The predicted octanol–water partition coefficient (Wildman–Crippen LogP) is 2.94. The van der Waals surface area contributed by atoms with Crippen LogP contribution in [0.3, 0.4) is 0 Å². The van der Waals surface area contributed by atoms with Gasteiger partial charge in [-0.05, 0) is 30.4 Å². The van der Waals surface area contributed by atoms with E-state index in [0.29, 0.717) is 12.2 Å². The fourth-order valence-corrected chi connectivity index (χ4v) is 2.08. The maximum atomic E-state index is 11.5. The van der Waals surface area contributed by atoms with Gasteiger partial charge in [-0.2, -0.15) is 0 Å². The number of ketones is 1. The third-order valence-electron chi connectivity index (χ3n) is 2.66. The zero-order valence-corrected chi connectivity index (χ0v) is 7.97. The van der Waals surface area contributed by atoms with Crippen molar-refractivity contribution in [2.75, 3.05) is 0 Å². The molecule has 0 saturated carbocycles. The fraction of sp³-hybridized carbons (Fsp3) is 0.417. The summed E-state index contributed by atoms with van der Waals surface area (Å²) in [5.74, 6) is 0.311. The molecule has 0 fully saturated rings. The molecule has 1 heteroatoms. The van der Waals surface area contributed by atoms with Gasteiger partial charge in [0.2, 0.25) is 0 Å². The molecule has 0 atom stereocenters. The van der Waals surface area contributed by atoms with E-state index in [0.717, 1.165) is 24.8 Å². The smallest absolute Gasteiger partial charge is 0.167 e. The van der Waals surface area contributed by atoms with Crippen LogP contribution >= 0.6 is 0 Å². The van der Waals surface area contributed by atoms with E-state index in [1.54, 1.807) is 0 Å². The van der Waals surface area contributed by atoms with Crippen molar-refractivity contribution in [3.05, 3.63) is 34.9 Å². The number of Topliss-reactive ketones (excluding diaryl/α,β-unsaturated/α-hetero) is 1. The Morgan fingerprint density at radius 3 is 3.15 bits per heavy atom. The van der Waals surface area contributed by atoms with Crippen LogP contribution in [0, 0.1) is 0 Å². The van der Waals surface area contributed by atoms with Crippen LogP contribution in [0.25, 0.3) is 0 Å². The summed E-state index contributed by atoms with van der Waals surface area (Å²) < 4.78 is 0. The molecule has 1 nitrogen and oxygen atoms in total. The maximum Gasteiger partial charge on any atom is 0.167 e. The zero-order valence-electron chi connectivity index (χ0n) is 7.97. The standard InChI is InChI=1S/C12H14O/c1-2-5-9-8-12(13)11-7-4-3-6-10(9)11/h4-5,7H,2-3,6,8H2,1H3/b9-5-. The van der Waals surface area contributed by atoms with Gasteiger partial charge in [0.15, 0.2) is 5.78 Å². The van der Waals surface area contributed by atoms with Crippen LogP contribution in [0.15, 0.2) is 34.9 Å². The molecule has 0 aromatic heterocycles. The summed E-state index contributed by atoms with van der Waals surface area (Å²) >= 11 is 0. The number of carbonyl (C=O) groups is 1. The van der Waals surface area contributed by atoms with Crippen LogP contribution in [0.5, 0.6) is 0 Å². The van der Waals surface area contributed by atoms with Crippen molar-refractivity contribution in [2.24, 2.45) is 0 Å². The number of hydrogen-bond acceptors (Lipinski definition) is 1. The highest BCUT2D eigenvalue weighted by Gasteiger charge is 2.25. The molecule has 0 spiro atoms. The van der Waals surface area contributed by atoms with Gasteiger partial charge in [-0.3, -0.25) is 4.79 Å². The third-order valence-corrected chi connectivity index (χ3v) is 2.66. The van der Waals surface area contributed by atoms with Crippen molar-refractivity contribution in [1.29, 1.82) is 0 Å². The molecule has 0 radical (unpaired) electrons. The first-order chi connectivity index (χ1) is 6.33. The molecule has 68 valence electrons. The molecule has 2 aliphatic rings. The molecular formula is C12H14O. The number of rotatable bonds is 1. The van der Waals surface area contributed by atoms with E-state index in [1.807, 2.05) is 6.08 Å². The molecule has 2 rings (SSSR count). The number of carbonyl (C=O) groups excluding carboxylic acids is 1. The molecule has 0 heterocycles. The Bertz CT molecular complexity index is 329. The largest absolute Gasteiger partial charge is 0.294 e. The van der Waals surface area contributed by atoms with Crippen molar-refractivity contribution >= 4 is 5.78 Å². The van der Waals surface area contributed by atoms with Gasteiger partial charge in [-0.15, -0.1) is 0 Å². The van der Waals surface area contributed by atoms with Gasteiger partial charge < -0.3 is 0 Å². The molecule has 0 amide bonds. The molecule has 0 aliphatic heterocycles. The van der Waals surface area contributed by atoms with E-state index < -0.39 is 0 Å². The van der Waals surface area contributed by atoms with Crippen LogP contribution in [-0.4, -0.2) is 5.78 Å². The first-order valence-electron chi connectivity index (χ1n) is 4.95. The lowest BCUT2D eigenvalue weighted by Gasteiger charge is -2.07. The van der Waals surface area contributed by atoms with E-state index in [9.17, 15) is 4.79 Å². The van der Waals surface area contributed by atoms with E-state index >= 15 is 0 Å². The Balaban J connectivity index is 2.39. The lowest BCUT2D eigenvalue weighted by atomic mass is 9.97. The first kappa shape index (κ1) is 8.49. The van der Waals surface area contributed by atoms with Crippen molar-refractivity contribution in [1.82, 2.24) is 0 Å². The molecule has 0 N–H and O–H groups in total. The molecule has 13 heavy (non-hydrogen) atoms. The highest BCUT2D eigenvalue weighted by molar-refractivity contribution is 6.05. The van der Waals surface area contributed by atoms with E-state index in [4.69, 9.17) is 0 Å². The second kappa shape index (κ2) is 3.33. The van der Waals surface area contributed by atoms with Crippen molar-refractivity contribution in [3.63, 3.8) is 0 Å². The zero-order chi connectivity index (χ0) is 9.26. The average molecular weight is 174 g/mol. The molecular weight excluding hydrogens is 160 g/mol. The number of hydrogen-bond donors (Lipinski definition) is 0. The first-order valence-corrected chi connectivity index (χ1v) is 4.95. The normalized spacial score (nSPS) is 24.4. The minimum Gasteiger partial charge on any atom is -0.294 e. The Morgan fingerprint density at radius 1 is 1.54 bits per heavy atom. The highest BCUT2D eigenvalue weighted by Crippen LogP contribution is 2.35. The Kier molecular flexibility index (Phi) is 2.17. The Labute approximate surface area is 78.8 Å². The van der Waals surface area contributed by atoms with Gasteiger partial charge >= 0.3 is 0 Å². The Hall–Kier alpha value is -1.11. The van der Waals surface area contributed by atoms with Gasteiger partial charge in [0.25, 0.3) is 0 Å². The summed E-state index contributed by atoms with van der Waals surface area (Å²) in [6.07, 6.45) is 10.1. The van der Waals surface area contributed by atoms with Crippen LogP contribution in [0.1, 0.15) is 32.6 Å². The summed E-state index contributed by atoms with van der Waals surface area (Å²) in [5.41, 5.74) is 3.58. The fourth-order valence-electron chi connectivity index (χ4n) is 2.08. The molecule has 0 unspecified atom stereocenters. The minimum atomic E-state index is 0.311. The lowest BCUT2D eigenvalue weighted by Crippen LogP contribution is -1.95. The minimum absolute atomic E-state index is 0.311. The predicted molar refractivity (Wildman–Crippen MR) is 53.4 cm³/mol. The van der Waals surface area contributed by atoms with Crippen LogP contribution in [-0.2, 0) is 4.79 Å². The SMILES string of the molecule is CC/C=C1/CC(=O)C2=C1CCC=C2. The lowest BCUT2D eigenvalue weighted by molar-refractivity contribution is -0.114. The van der Waals surface area contributed by atoms with Gasteiger partial charge in [0, 0.05) is 12.0 Å². The van der Waals surface area contributed by atoms with Gasteiger partial charge in [-0.1, -0.05) is 25.2 Å². The van der Waals surface area contributed by atoms with Crippen LogP contribution < -0.4 is 0 Å². The summed E-state index contributed by atoms with van der Waals surface area (Å²) in [5, 5.41) is 0. The van der Waals surface area contributed by atoms with E-state index in [-0.39, 0.29) is 0 Å². The molecule has 0 saturated heterocycles. The third kappa shape index (κ3) is 1.39. The summed E-state index contributed by atoms with van der Waals surface area (Å²) in [7, 11) is 0. The summed E-state index contributed by atoms with van der Waals surface area (Å²) in [4.78, 5) is 11.5. The topological polar surface area (TPSA) is 17.1 Å². The summed E-state index contributed by atoms with van der Waals surface area (Å²) in [6, 6.07) is 0. The van der Waals surface area contributed by atoms with Gasteiger partial charge in [0.1, 0.15) is 0 Å². The van der Waals surface area contributed by atoms with E-state index in [1.165, 1.54) is 11.1 Å². The molecule has 0 bridgehead atoms. The van der Waals surface area contributed by atoms with Crippen molar-refractivity contribution in [2.45, 2.75) is 32.6 Å². The van der Waals surface area contributed by atoms with Crippen LogP contribution in [0.2, 0.25) is 0 Å². The summed E-state index contributed by atoms with van der Waals surface area (Å²) in [6.45, 7) is 2.12. The van der Waals surface area contributed by atoms with Gasteiger partial charge in [0.05, 0.1) is 0 Å². The molecule has 0 aromatic carbocycles. The van der Waals surface area contributed by atoms with Crippen molar-refractivity contribution in [3.8, 4) is 0 Å². The van der Waals surface area contributed by atoms with Crippen molar-refractivity contribution < 1.29 is 4.79 Å². The second-order valence-corrected chi connectivity index (χ2v) is 3.57.